The Bertz CT molecular complexity index is 508. The maximum atomic E-state index is 11.1. The van der Waals surface area contributed by atoms with E-state index < -0.39 is 5.54 Å². The van der Waals surface area contributed by atoms with Crippen LogP contribution in [0.25, 0.3) is 0 Å². The second-order valence-electron chi connectivity index (χ2n) is 5.87. The van der Waals surface area contributed by atoms with Crippen LogP contribution in [0.15, 0.2) is 0 Å². The quantitative estimate of drug-likeness (QED) is 0.742. The molecule has 1 aliphatic rings. The van der Waals surface area contributed by atoms with Crippen molar-refractivity contribution < 1.29 is 4.79 Å². The smallest absolute Gasteiger partial charge is 0.219 e. The van der Waals surface area contributed by atoms with Crippen LogP contribution in [-0.2, 0) is 4.79 Å². The molecular weight excluding hydrogens is 242 g/mol. The van der Waals surface area contributed by atoms with E-state index in [9.17, 15) is 4.79 Å². The van der Waals surface area contributed by atoms with Crippen molar-refractivity contribution >= 4 is 17.5 Å². The van der Waals surface area contributed by atoms with E-state index in [1.54, 1.807) is 0 Å². The number of rotatable bonds is 5. The summed E-state index contributed by atoms with van der Waals surface area (Å²) in [6, 6.07) is 0. The first-order valence-corrected chi connectivity index (χ1v) is 6.49. The lowest BCUT2D eigenvalue weighted by Gasteiger charge is -2.26. The number of nitrogens with two attached hydrogens (primary N) is 2. The minimum atomic E-state index is -0.460. The highest BCUT2D eigenvalue weighted by Gasteiger charge is 2.29. The van der Waals surface area contributed by atoms with E-state index in [2.05, 4.69) is 15.3 Å². The summed E-state index contributed by atoms with van der Waals surface area (Å²) in [5, 5.41) is 3.25. The highest BCUT2D eigenvalue weighted by Crippen LogP contribution is 2.39. The molecule has 0 aromatic carbocycles. The van der Waals surface area contributed by atoms with Crippen LogP contribution in [0.5, 0.6) is 0 Å². The Balaban J connectivity index is 2.25. The molecule has 0 radical (unpaired) electrons. The summed E-state index contributed by atoms with van der Waals surface area (Å²) in [4.78, 5) is 19.9. The topological polar surface area (TPSA) is 107 Å². The Morgan fingerprint density at radius 3 is 2.58 bits per heavy atom. The number of primary amides is 1. The zero-order valence-corrected chi connectivity index (χ0v) is 11.7. The van der Waals surface area contributed by atoms with E-state index in [0.717, 1.165) is 24.2 Å². The minimum Gasteiger partial charge on any atom is -0.383 e. The van der Waals surface area contributed by atoms with Crippen LogP contribution < -0.4 is 16.8 Å². The maximum Gasteiger partial charge on any atom is 0.219 e. The van der Waals surface area contributed by atoms with Gasteiger partial charge in [-0.3, -0.25) is 4.79 Å². The second-order valence-corrected chi connectivity index (χ2v) is 5.87. The van der Waals surface area contributed by atoms with E-state index in [0.29, 0.717) is 17.6 Å². The molecule has 6 heteroatoms. The first-order valence-electron chi connectivity index (χ1n) is 6.49. The van der Waals surface area contributed by atoms with E-state index in [-0.39, 0.29) is 12.3 Å². The van der Waals surface area contributed by atoms with Gasteiger partial charge in [0.2, 0.25) is 5.91 Å². The fourth-order valence-corrected chi connectivity index (χ4v) is 2.00. The van der Waals surface area contributed by atoms with Gasteiger partial charge in [-0.15, -0.1) is 0 Å². The van der Waals surface area contributed by atoms with E-state index >= 15 is 0 Å². The third-order valence-electron chi connectivity index (χ3n) is 3.22. The predicted molar refractivity (Wildman–Crippen MR) is 74.7 cm³/mol. The van der Waals surface area contributed by atoms with E-state index in [1.165, 1.54) is 0 Å². The van der Waals surface area contributed by atoms with Gasteiger partial charge < -0.3 is 16.8 Å². The molecule has 104 valence electrons. The molecule has 0 bridgehead atoms. The zero-order chi connectivity index (χ0) is 14.2. The number of nitrogen functional groups attached to an aromatic ring is 1. The summed E-state index contributed by atoms with van der Waals surface area (Å²) in [5.74, 6) is 2.07. The third-order valence-corrected chi connectivity index (χ3v) is 3.22. The molecule has 6 nitrogen and oxygen atoms in total. The fraction of sp³-hybridized carbons (Fsp3) is 0.615. The molecule has 0 aliphatic heterocycles. The summed E-state index contributed by atoms with van der Waals surface area (Å²) in [5.41, 5.74) is 11.5. The van der Waals surface area contributed by atoms with Gasteiger partial charge in [0, 0.05) is 23.4 Å². The number of aromatic nitrogens is 2. The summed E-state index contributed by atoms with van der Waals surface area (Å²) in [7, 11) is 0. The Labute approximate surface area is 113 Å². The van der Waals surface area contributed by atoms with Gasteiger partial charge in [0.25, 0.3) is 0 Å². The van der Waals surface area contributed by atoms with Crippen molar-refractivity contribution in [1.29, 1.82) is 0 Å². The predicted octanol–water partition coefficient (Wildman–Crippen LogP) is 1.31. The van der Waals surface area contributed by atoms with Crippen molar-refractivity contribution in [1.82, 2.24) is 9.97 Å². The molecule has 1 aromatic rings. The lowest BCUT2D eigenvalue weighted by molar-refractivity contribution is -0.118. The molecular formula is C13H21N5O. The molecule has 1 aliphatic carbocycles. The number of hydrogen-bond donors (Lipinski definition) is 3. The normalized spacial score (nSPS) is 15.3. The van der Waals surface area contributed by atoms with Gasteiger partial charge in [0.1, 0.15) is 17.5 Å². The Hall–Kier alpha value is -1.85. The average Bonchev–Trinajstić information content (AvgIpc) is 3.05. The molecule has 1 saturated carbocycles. The highest BCUT2D eigenvalue weighted by atomic mass is 16.1. The van der Waals surface area contributed by atoms with Crippen molar-refractivity contribution in [3.8, 4) is 0 Å². The van der Waals surface area contributed by atoms with Crippen LogP contribution in [0, 0.1) is 6.92 Å². The fourth-order valence-electron chi connectivity index (χ4n) is 2.00. The average molecular weight is 263 g/mol. The molecule has 0 saturated heterocycles. The third kappa shape index (κ3) is 3.33. The molecule has 0 atom stereocenters. The number of carbonyl (C=O) groups excluding carboxylic acids is 1. The molecule has 1 heterocycles. The second kappa shape index (κ2) is 4.68. The molecule has 5 N–H and O–H groups in total. The van der Waals surface area contributed by atoms with E-state index in [1.807, 2.05) is 20.8 Å². The van der Waals surface area contributed by atoms with Gasteiger partial charge >= 0.3 is 0 Å². The molecule has 1 aromatic heterocycles. The first kappa shape index (κ1) is 13.6. The molecule has 0 unspecified atom stereocenters. The first-order chi connectivity index (χ1) is 8.78. The van der Waals surface area contributed by atoms with Crippen LogP contribution in [0.2, 0.25) is 0 Å². The summed E-state index contributed by atoms with van der Waals surface area (Å²) >= 11 is 0. The summed E-state index contributed by atoms with van der Waals surface area (Å²) < 4.78 is 0. The number of nitrogens with zero attached hydrogens (tertiary/aromatic N) is 2. The van der Waals surface area contributed by atoms with Gasteiger partial charge in [-0.25, -0.2) is 9.97 Å². The van der Waals surface area contributed by atoms with Crippen molar-refractivity contribution in [2.24, 2.45) is 5.73 Å². The van der Waals surface area contributed by atoms with Gasteiger partial charge in [-0.05, 0) is 33.6 Å². The monoisotopic (exact) mass is 263 g/mol. The number of anilines is 2. The van der Waals surface area contributed by atoms with Crippen LogP contribution >= 0.6 is 0 Å². The van der Waals surface area contributed by atoms with Gasteiger partial charge in [-0.1, -0.05) is 0 Å². The van der Waals surface area contributed by atoms with Crippen LogP contribution in [-0.4, -0.2) is 21.4 Å². The van der Waals surface area contributed by atoms with Crippen LogP contribution in [0.3, 0.4) is 0 Å². The van der Waals surface area contributed by atoms with Gasteiger partial charge in [0.15, 0.2) is 0 Å². The maximum absolute atomic E-state index is 11.1. The van der Waals surface area contributed by atoms with Crippen LogP contribution in [0.1, 0.15) is 50.4 Å². The SMILES string of the molecule is Cc1c(N)nc(C2CC2)nc1NC(C)(C)CC(N)=O. The van der Waals surface area contributed by atoms with Crippen molar-refractivity contribution in [2.45, 2.75) is 51.5 Å². The minimum absolute atomic E-state index is 0.231. The standard InChI is InChI=1S/C13H21N5O/c1-7-10(15)16-12(8-4-5-8)17-11(7)18-13(2,3)6-9(14)19/h8H,4-6H2,1-3H3,(H2,14,19)(H3,15,16,17,18). The number of amides is 1. The highest BCUT2D eigenvalue weighted by molar-refractivity contribution is 5.75. The molecule has 2 rings (SSSR count). The van der Waals surface area contributed by atoms with Crippen molar-refractivity contribution in [3.63, 3.8) is 0 Å². The molecule has 0 spiro atoms. The number of carbonyl (C=O) groups is 1. The zero-order valence-electron chi connectivity index (χ0n) is 11.7. The Morgan fingerprint density at radius 1 is 1.42 bits per heavy atom. The van der Waals surface area contributed by atoms with Crippen molar-refractivity contribution in [2.75, 3.05) is 11.1 Å². The summed E-state index contributed by atoms with van der Waals surface area (Å²) in [6.45, 7) is 5.69. The van der Waals surface area contributed by atoms with Crippen LogP contribution in [0.4, 0.5) is 11.6 Å². The Morgan fingerprint density at radius 2 is 2.05 bits per heavy atom. The number of nitrogens with one attached hydrogen (secondary N) is 1. The lowest BCUT2D eigenvalue weighted by Crippen LogP contribution is -2.36. The summed E-state index contributed by atoms with van der Waals surface area (Å²) in [6.07, 6.45) is 2.47. The van der Waals surface area contributed by atoms with Gasteiger partial charge in [0.05, 0.1) is 0 Å². The Kier molecular flexibility index (Phi) is 3.34. The van der Waals surface area contributed by atoms with Crippen molar-refractivity contribution in [3.05, 3.63) is 11.4 Å². The number of hydrogen-bond acceptors (Lipinski definition) is 5. The van der Waals surface area contributed by atoms with E-state index in [4.69, 9.17) is 11.5 Å². The molecule has 1 fully saturated rings. The van der Waals surface area contributed by atoms with Gasteiger partial charge in [-0.2, -0.15) is 0 Å². The lowest BCUT2D eigenvalue weighted by atomic mass is 10.00. The molecule has 1 amide bonds. The largest absolute Gasteiger partial charge is 0.383 e. The molecule has 19 heavy (non-hydrogen) atoms.